The quantitative estimate of drug-likeness (QED) is 0.676. The molecular weight excluding hydrogens is 204 g/mol. The lowest BCUT2D eigenvalue weighted by molar-refractivity contribution is -0.145. The van der Waals surface area contributed by atoms with E-state index in [9.17, 15) is 9.59 Å². The van der Waals surface area contributed by atoms with Crippen molar-refractivity contribution >= 4 is 11.8 Å². The Hall–Kier alpha value is -0.860. The summed E-state index contributed by atoms with van der Waals surface area (Å²) in [4.78, 5) is 22.8. The van der Waals surface area contributed by atoms with Crippen LogP contribution in [0.1, 0.15) is 46.0 Å². The molecule has 2 saturated carbocycles. The predicted octanol–water partition coefficient (Wildman–Crippen LogP) is 2.33. The molecule has 2 rings (SSSR count). The van der Waals surface area contributed by atoms with Crippen molar-refractivity contribution in [3.05, 3.63) is 0 Å². The second-order valence-electron chi connectivity index (χ2n) is 5.55. The monoisotopic (exact) mass is 224 g/mol. The topological polar surface area (TPSA) is 43.4 Å². The zero-order valence-corrected chi connectivity index (χ0v) is 10.1. The van der Waals surface area contributed by atoms with Crippen LogP contribution in [0.2, 0.25) is 0 Å². The highest BCUT2D eigenvalue weighted by Gasteiger charge is 2.50. The van der Waals surface area contributed by atoms with E-state index in [1.54, 1.807) is 0 Å². The molecule has 3 atom stereocenters. The normalized spacial score (nSPS) is 38.2. The van der Waals surface area contributed by atoms with Gasteiger partial charge in [-0.3, -0.25) is 9.59 Å². The van der Waals surface area contributed by atoms with Crippen molar-refractivity contribution in [1.29, 1.82) is 0 Å². The lowest BCUT2D eigenvalue weighted by Crippen LogP contribution is -2.37. The summed E-state index contributed by atoms with van der Waals surface area (Å²) in [6.07, 6.45) is 5.04. The van der Waals surface area contributed by atoms with Gasteiger partial charge in [0, 0.05) is 25.2 Å². The molecule has 16 heavy (non-hydrogen) atoms. The maximum atomic E-state index is 12.0. The molecule has 0 amide bonds. The molecule has 2 aliphatic rings. The van der Waals surface area contributed by atoms with Gasteiger partial charge in [0.15, 0.2) is 0 Å². The Labute approximate surface area is 96.5 Å². The minimum Gasteiger partial charge on any atom is -0.466 e. The van der Waals surface area contributed by atoms with E-state index in [2.05, 4.69) is 6.92 Å². The fourth-order valence-electron chi connectivity index (χ4n) is 3.56. The van der Waals surface area contributed by atoms with Gasteiger partial charge in [0.2, 0.25) is 0 Å². The third-order valence-corrected chi connectivity index (χ3v) is 4.33. The van der Waals surface area contributed by atoms with Crippen molar-refractivity contribution in [1.82, 2.24) is 0 Å². The zero-order chi connectivity index (χ0) is 11.8. The molecule has 0 unspecified atom stereocenters. The predicted molar refractivity (Wildman–Crippen MR) is 59.8 cm³/mol. The Morgan fingerprint density at radius 3 is 2.94 bits per heavy atom. The van der Waals surface area contributed by atoms with Crippen molar-refractivity contribution in [2.24, 2.45) is 17.3 Å². The standard InChI is InChI=1S/C13H20O3/c1-9(14)16-8-10-5-7-13(2)6-3-4-11(15)12(10)13/h10,12H,3-8H2,1-2H3/t10-,12-,13-/m0/s1. The largest absolute Gasteiger partial charge is 0.466 e. The fraction of sp³-hybridized carbons (Fsp3) is 0.846. The van der Waals surface area contributed by atoms with Crippen LogP contribution in [-0.4, -0.2) is 18.4 Å². The van der Waals surface area contributed by atoms with Crippen molar-refractivity contribution < 1.29 is 14.3 Å². The summed E-state index contributed by atoms with van der Waals surface area (Å²) in [7, 11) is 0. The first kappa shape index (κ1) is 11.6. The SMILES string of the molecule is CC(=O)OC[C@@H]1CC[C@]2(C)CCCC(=O)[C@H]12. The molecule has 0 aromatic rings. The van der Waals surface area contributed by atoms with Gasteiger partial charge in [-0.05, 0) is 31.1 Å². The molecule has 0 N–H and O–H groups in total. The van der Waals surface area contributed by atoms with E-state index in [-0.39, 0.29) is 23.2 Å². The number of rotatable bonds is 2. The smallest absolute Gasteiger partial charge is 0.302 e. The maximum Gasteiger partial charge on any atom is 0.302 e. The molecule has 2 aliphatic carbocycles. The average Bonchev–Trinajstić information content (AvgIpc) is 2.53. The summed E-state index contributed by atoms with van der Waals surface area (Å²) in [6.45, 7) is 4.08. The second kappa shape index (κ2) is 4.19. The molecule has 0 bridgehead atoms. The molecule has 0 heterocycles. The molecule has 90 valence electrons. The molecule has 3 heteroatoms. The summed E-state index contributed by atoms with van der Waals surface area (Å²) in [5.41, 5.74) is 0.181. The Morgan fingerprint density at radius 2 is 2.25 bits per heavy atom. The van der Waals surface area contributed by atoms with E-state index >= 15 is 0 Å². The van der Waals surface area contributed by atoms with Crippen LogP contribution in [0.15, 0.2) is 0 Å². The summed E-state index contributed by atoms with van der Waals surface area (Å²) in [6, 6.07) is 0. The van der Waals surface area contributed by atoms with Crippen LogP contribution in [0, 0.1) is 17.3 Å². The Bertz CT molecular complexity index is 310. The summed E-state index contributed by atoms with van der Waals surface area (Å²) < 4.78 is 5.08. The third kappa shape index (κ3) is 2.00. The third-order valence-electron chi connectivity index (χ3n) is 4.33. The van der Waals surface area contributed by atoms with Gasteiger partial charge in [0.25, 0.3) is 0 Å². The maximum absolute atomic E-state index is 12.0. The Morgan fingerprint density at radius 1 is 1.50 bits per heavy atom. The van der Waals surface area contributed by atoms with Gasteiger partial charge in [-0.2, -0.15) is 0 Å². The molecule has 0 saturated heterocycles. The molecule has 2 fully saturated rings. The van der Waals surface area contributed by atoms with Crippen LogP contribution in [0.4, 0.5) is 0 Å². The van der Waals surface area contributed by atoms with E-state index in [4.69, 9.17) is 4.74 Å². The molecule has 0 aromatic carbocycles. The summed E-state index contributed by atoms with van der Waals surface area (Å²) in [5, 5.41) is 0. The van der Waals surface area contributed by atoms with Gasteiger partial charge in [-0.15, -0.1) is 0 Å². The van der Waals surface area contributed by atoms with E-state index in [1.165, 1.54) is 6.92 Å². The number of esters is 1. The number of ketones is 1. The molecular formula is C13H20O3. The van der Waals surface area contributed by atoms with Crippen molar-refractivity contribution in [3.8, 4) is 0 Å². The van der Waals surface area contributed by atoms with Crippen LogP contribution in [0.25, 0.3) is 0 Å². The highest BCUT2D eigenvalue weighted by Crippen LogP contribution is 2.53. The first-order valence-corrected chi connectivity index (χ1v) is 6.19. The minimum absolute atomic E-state index is 0.139. The van der Waals surface area contributed by atoms with Crippen molar-refractivity contribution in [2.75, 3.05) is 6.61 Å². The number of carbonyl (C=O) groups is 2. The van der Waals surface area contributed by atoms with Gasteiger partial charge in [-0.1, -0.05) is 6.92 Å². The zero-order valence-electron chi connectivity index (χ0n) is 10.1. The number of carbonyl (C=O) groups excluding carboxylic acids is 2. The van der Waals surface area contributed by atoms with Crippen LogP contribution >= 0.6 is 0 Å². The van der Waals surface area contributed by atoms with Gasteiger partial charge in [0.1, 0.15) is 5.78 Å². The van der Waals surface area contributed by atoms with Crippen molar-refractivity contribution in [2.45, 2.75) is 46.0 Å². The molecule has 0 aliphatic heterocycles. The van der Waals surface area contributed by atoms with Crippen LogP contribution in [0.5, 0.6) is 0 Å². The van der Waals surface area contributed by atoms with Gasteiger partial charge >= 0.3 is 5.97 Å². The first-order chi connectivity index (χ1) is 7.53. The molecule has 3 nitrogen and oxygen atoms in total. The lowest BCUT2D eigenvalue weighted by atomic mass is 9.67. The summed E-state index contributed by atoms with van der Waals surface area (Å²) >= 11 is 0. The van der Waals surface area contributed by atoms with Gasteiger partial charge < -0.3 is 4.74 Å². The van der Waals surface area contributed by atoms with Crippen molar-refractivity contribution in [3.63, 3.8) is 0 Å². The highest BCUT2D eigenvalue weighted by molar-refractivity contribution is 5.83. The Kier molecular flexibility index (Phi) is 3.04. The van der Waals surface area contributed by atoms with Crippen LogP contribution in [-0.2, 0) is 14.3 Å². The molecule has 0 radical (unpaired) electrons. The first-order valence-electron chi connectivity index (χ1n) is 6.19. The number of fused-ring (bicyclic) bond motifs is 1. The summed E-state index contributed by atoms with van der Waals surface area (Å²) in [5.74, 6) is 0.558. The number of hydrogen-bond acceptors (Lipinski definition) is 3. The lowest BCUT2D eigenvalue weighted by Gasteiger charge is -2.37. The number of ether oxygens (including phenoxy) is 1. The van der Waals surface area contributed by atoms with E-state index in [0.717, 1.165) is 32.1 Å². The van der Waals surface area contributed by atoms with Gasteiger partial charge in [-0.25, -0.2) is 0 Å². The second-order valence-corrected chi connectivity index (χ2v) is 5.55. The van der Waals surface area contributed by atoms with E-state index in [1.807, 2.05) is 0 Å². The van der Waals surface area contributed by atoms with Crippen LogP contribution < -0.4 is 0 Å². The minimum atomic E-state index is -0.239. The van der Waals surface area contributed by atoms with E-state index in [0.29, 0.717) is 12.4 Å². The fourth-order valence-corrected chi connectivity index (χ4v) is 3.56. The van der Waals surface area contributed by atoms with Gasteiger partial charge in [0.05, 0.1) is 6.61 Å². The highest BCUT2D eigenvalue weighted by atomic mass is 16.5. The molecule has 0 spiro atoms. The van der Waals surface area contributed by atoms with E-state index < -0.39 is 0 Å². The number of hydrogen-bond donors (Lipinski definition) is 0. The number of Topliss-reactive ketones (excluding diaryl/α,β-unsaturated/α-hetero) is 1. The molecule has 0 aromatic heterocycles. The Balaban J connectivity index is 2.06. The average molecular weight is 224 g/mol. The van der Waals surface area contributed by atoms with Crippen LogP contribution in [0.3, 0.4) is 0 Å².